The lowest BCUT2D eigenvalue weighted by Gasteiger charge is -2.21. The van der Waals surface area contributed by atoms with E-state index >= 15 is 0 Å². The van der Waals surface area contributed by atoms with Crippen molar-refractivity contribution in [3.05, 3.63) is 27.8 Å². The van der Waals surface area contributed by atoms with E-state index in [1.54, 1.807) is 0 Å². The van der Waals surface area contributed by atoms with Crippen molar-refractivity contribution in [2.75, 3.05) is 18.0 Å². The lowest BCUT2D eigenvalue weighted by molar-refractivity contribution is -0.122. The van der Waals surface area contributed by atoms with Gasteiger partial charge in [0.15, 0.2) is 0 Å². The van der Waals surface area contributed by atoms with E-state index in [-0.39, 0.29) is 17.9 Å². The minimum atomic E-state index is -0.241. The van der Waals surface area contributed by atoms with Gasteiger partial charge in [-0.1, -0.05) is 0 Å². The van der Waals surface area contributed by atoms with Crippen LogP contribution >= 0.6 is 22.6 Å². The molecule has 2 heterocycles. The number of hydrogen-bond donors (Lipinski definition) is 0. The van der Waals surface area contributed by atoms with Crippen LogP contribution in [0.3, 0.4) is 0 Å². The van der Waals surface area contributed by atoms with Gasteiger partial charge in [-0.2, -0.15) is 0 Å². The van der Waals surface area contributed by atoms with Gasteiger partial charge in [-0.05, 0) is 72.8 Å². The highest BCUT2D eigenvalue weighted by Crippen LogP contribution is 2.27. The summed E-state index contributed by atoms with van der Waals surface area (Å²) in [6.45, 7) is 1.87. The molecule has 1 unspecified atom stereocenters. The summed E-state index contributed by atoms with van der Waals surface area (Å²) in [6, 6.07) is 7.27. The van der Waals surface area contributed by atoms with Crippen LogP contribution in [0.1, 0.15) is 19.3 Å². The normalized spacial score (nSPS) is 24.5. The van der Waals surface area contributed by atoms with Crippen molar-refractivity contribution >= 4 is 40.1 Å². The molecule has 0 aromatic heterocycles. The van der Waals surface area contributed by atoms with Crippen LogP contribution in [0.25, 0.3) is 0 Å². The lowest BCUT2D eigenvalue weighted by Crippen LogP contribution is -2.40. The molecule has 1 aromatic rings. The molecule has 3 rings (SSSR count). The first-order chi connectivity index (χ1) is 9.16. The Labute approximate surface area is 125 Å². The van der Waals surface area contributed by atoms with Crippen molar-refractivity contribution in [1.29, 1.82) is 0 Å². The molecule has 0 bridgehead atoms. The van der Waals surface area contributed by atoms with E-state index in [0.29, 0.717) is 12.1 Å². The molecular weight excluding hydrogens is 355 g/mol. The molecule has 2 aliphatic rings. The number of likely N-dealkylation sites (tertiary alicyclic amines) is 1. The number of hydrogen-bond acceptors (Lipinski definition) is 3. The second-order valence-electron chi connectivity index (χ2n) is 5.01. The molecule has 0 aliphatic carbocycles. The highest BCUT2D eigenvalue weighted by molar-refractivity contribution is 14.1. The molecule has 2 fully saturated rings. The van der Waals surface area contributed by atoms with Gasteiger partial charge >= 0.3 is 0 Å². The summed E-state index contributed by atoms with van der Waals surface area (Å²) in [6.07, 6.45) is 2.58. The van der Waals surface area contributed by atoms with Crippen molar-refractivity contribution in [3.63, 3.8) is 0 Å². The Bertz CT molecular complexity index is 509. The zero-order valence-corrected chi connectivity index (χ0v) is 12.7. The molecule has 100 valence electrons. The first-order valence-corrected chi connectivity index (χ1v) is 7.61. The summed E-state index contributed by atoms with van der Waals surface area (Å²) < 4.78 is 1.09. The maximum Gasteiger partial charge on any atom is 0.251 e. The predicted molar refractivity (Wildman–Crippen MR) is 80.9 cm³/mol. The van der Waals surface area contributed by atoms with Gasteiger partial charge in [-0.3, -0.25) is 14.5 Å². The van der Waals surface area contributed by atoms with Gasteiger partial charge in [0.25, 0.3) is 5.91 Å². The third kappa shape index (κ3) is 2.41. The first-order valence-electron chi connectivity index (χ1n) is 6.53. The number of carbonyl (C=O) groups is 2. The van der Waals surface area contributed by atoms with Crippen LogP contribution in [0, 0.1) is 3.57 Å². The van der Waals surface area contributed by atoms with Crippen LogP contribution < -0.4 is 4.90 Å². The Morgan fingerprint density at radius 2 is 1.68 bits per heavy atom. The molecule has 1 atom stereocenters. The van der Waals surface area contributed by atoms with Crippen LogP contribution in [-0.2, 0) is 9.59 Å². The maximum atomic E-state index is 12.4. The summed E-state index contributed by atoms with van der Waals surface area (Å²) in [4.78, 5) is 28.1. The highest BCUT2D eigenvalue weighted by Gasteiger charge is 2.43. The van der Waals surface area contributed by atoms with Crippen molar-refractivity contribution in [2.45, 2.75) is 25.3 Å². The molecule has 0 spiro atoms. The SMILES string of the molecule is O=C1CC(N2CCCC2)C(=O)N1c1ccc(I)cc1. The molecule has 1 aromatic carbocycles. The number of amides is 2. The van der Waals surface area contributed by atoms with Crippen molar-refractivity contribution in [3.8, 4) is 0 Å². The number of imide groups is 1. The predicted octanol–water partition coefficient (Wildman–Crippen LogP) is 2.02. The summed E-state index contributed by atoms with van der Waals surface area (Å²) in [5.41, 5.74) is 0.692. The van der Waals surface area contributed by atoms with Gasteiger partial charge < -0.3 is 0 Å². The maximum absolute atomic E-state index is 12.4. The van der Waals surface area contributed by atoms with Gasteiger partial charge in [0.05, 0.1) is 18.2 Å². The molecule has 2 saturated heterocycles. The molecule has 2 aliphatic heterocycles. The van der Waals surface area contributed by atoms with Crippen LogP contribution in [0.4, 0.5) is 5.69 Å². The molecule has 5 heteroatoms. The minimum Gasteiger partial charge on any atom is -0.292 e. The average Bonchev–Trinajstić information content (AvgIpc) is 3.00. The third-order valence-corrected chi connectivity index (χ3v) is 4.51. The Morgan fingerprint density at radius 1 is 1.05 bits per heavy atom. The molecular formula is C14H15IN2O2. The Hall–Kier alpha value is -0.950. The molecule has 19 heavy (non-hydrogen) atoms. The van der Waals surface area contributed by atoms with Crippen molar-refractivity contribution in [2.24, 2.45) is 0 Å². The molecule has 4 nitrogen and oxygen atoms in total. The van der Waals surface area contributed by atoms with E-state index in [1.807, 2.05) is 24.3 Å². The van der Waals surface area contributed by atoms with E-state index in [1.165, 1.54) is 4.90 Å². The minimum absolute atomic E-state index is 0.0619. The number of rotatable bonds is 2. The van der Waals surface area contributed by atoms with Crippen LogP contribution in [-0.4, -0.2) is 35.8 Å². The average molecular weight is 370 g/mol. The molecule has 0 radical (unpaired) electrons. The topological polar surface area (TPSA) is 40.6 Å². The largest absolute Gasteiger partial charge is 0.292 e. The quantitative estimate of drug-likeness (QED) is 0.591. The van der Waals surface area contributed by atoms with E-state index in [4.69, 9.17) is 0 Å². The first kappa shape index (κ1) is 13.1. The zero-order valence-electron chi connectivity index (χ0n) is 10.5. The monoisotopic (exact) mass is 370 g/mol. The van der Waals surface area contributed by atoms with Crippen molar-refractivity contribution in [1.82, 2.24) is 4.90 Å². The van der Waals surface area contributed by atoms with Crippen LogP contribution in [0.5, 0.6) is 0 Å². The number of benzene rings is 1. The highest BCUT2D eigenvalue weighted by atomic mass is 127. The fraction of sp³-hybridized carbons (Fsp3) is 0.429. The number of carbonyl (C=O) groups excluding carboxylic acids is 2. The third-order valence-electron chi connectivity index (χ3n) is 3.79. The van der Waals surface area contributed by atoms with Gasteiger partial charge in [0.2, 0.25) is 5.91 Å². The van der Waals surface area contributed by atoms with Gasteiger partial charge in [-0.15, -0.1) is 0 Å². The molecule has 2 amide bonds. The summed E-state index contributed by atoms with van der Waals surface area (Å²) in [7, 11) is 0. The summed E-state index contributed by atoms with van der Waals surface area (Å²) in [5.74, 6) is -0.142. The van der Waals surface area contributed by atoms with Crippen LogP contribution in [0.2, 0.25) is 0 Å². The van der Waals surface area contributed by atoms with Gasteiger partial charge in [0.1, 0.15) is 0 Å². The smallest absolute Gasteiger partial charge is 0.251 e. The second-order valence-corrected chi connectivity index (χ2v) is 6.25. The standard InChI is InChI=1S/C14H15IN2O2/c15-10-3-5-11(6-4-10)17-13(18)9-12(14(17)19)16-7-1-2-8-16/h3-6,12H,1-2,7-9H2. The summed E-state index contributed by atoms with van der Waals surface area (Å²) in [5, 5.41) is 0. The van der Waals surface area contributed by atoms with E-state index in [2.05, 4.69) is 27.5 Å². The fourth-order valence-corrected chi connectivity index (χ4v) is 3.18. The van der Waals surface area contributed by atoms with Crippen molar-refractivity contribution < 1.29 is 9.59 Å². The zero-order chi connectivity index (χ0) is 13.4. The summed E-state index contributed by atoms with van der Waals surface area (Å²) >= 11 is 2.21. The number of halogens is 1. The Kier molecular flexibility index (Phi) is 3.58. The Morgan fingerprint density at radius 3 is 2.32 bits per heavy atom. The molecule has 0 N–H and O–H groups in total. The molecule has 0 saturated carbocycles. The lowest BCUT2D eigenvalue weighted by atomic mass is 10.2. The Balaban J connectivity index is 1.84. The second kappa shape index (κ2) is 5.20. The van der Waals surface area contributed by atoms with E-state index < -0.39 is 0 Å². The number of anilines is 1. The van der Waals surface area contributed by atoms with E-state index in [0.717, 1.165) is 29.5 Å². The van der Waals surface area contributed by atoms with Gasteiger partial charge in [-0.25, -0.2) is 4.90 Å². The van der Waals surface area contributed by atoms with E-state index in [9.17, 15) is 9.59 Å². The number of nitrogens with zero attached hydrogens (tertiary/aromatic N) is 2. The van der Waals surface area contributed by atoms with Gasteiger partial charge in [0, 0.05) is 3.57 Å². The fourth-order valence-electron chi connectivity index (χ4n) is 2.82. The van der Waals surface area contributed by atoms with Crippen LogP contribution in [0.15, 0.2) is 24.3 Å².